The van der Waals surface area contributed by atoms with Crippen LogP contribution in [0.25, 0.3) is 5.57 Å². The first-order valence-corrected chi connectivity index (χ1v) is 8.13. The first-order valence-electron chi connectivity index (χ1n) is 8.13. The zero-order valence-corrected chi connectivity index (χ0v) is 13.3. The molecule has 3 aromatic carbocycles. The molecule has 0 unspecified atom stereocenters. The highest BCUT2D eigenvalue weighted by atomic mass is 15.5. The van der Waals surface area contributed by atoms with Gasteiger partial charge in [-0.3, -0.25) is 5.01 Å². The van der Waals surface area contributed by atoms with Gasteiger partial charge in [-0.25, -0.2) is 0 Å². The zero-order chi connectivity index (χ0) is 16.2. The Bertz CT molecular complexity index is 866. The van der Waals surface area contributed by atoms with Gasteiger partial charge in [-0.2, -0.15) is 5.10 Å². The topological polar surface area (TPSA) is 15.6 Å². The van der Waals surface area contributed by atoms with Crippen LogP contribution in [0.15, 0.2) is 102 Å². The lowest BCUT2D eigenvalue weighted by molar-refractivity contribution is 0.941. The average Bonchev–Trinajstić information content (AvgIpc) is 2.70. The van der Waals surface area contributed by atoms with Crippen molar-refractivity contribution >= 4 is 17.0 Å². The molecule has 0 amide bonds. The SMILES string of the molecule is C1=C(c2ccccc2)CN(c2ccccc2)N=C1c1ccccc1. The standard InChI is InChI=1S/C22H18N2/c1-4-10-18(11-5-1)20-16-22(19-12-6-2-7-13-19)23-24(17-20)21-14-8-3-9-15-21/h1-16H,17H2. The number of hydrogen-bond acceptors (Lipinski definition) is 2. The summed E-state index contributed by atoms with van der Waals surface area (Å²) in [6.07, 6.45) is 2.20. The van der Waals surface area contributed by atoms with Gasteiger partial charge >= 0.3 is 0 Å². The molecule has 0 saturated heterocycles. The van der Waals surface area contributed by atoms with Gasteiger partial charge in [0.15, 0.2) is 0 Å². The van der Waals surface area contributed by atoms with E-state index in [1.807, 2.05) is 30.3 Å². The Hall–Kier alpha value is -3.13. The Morgan fingerprint density at radius 3 is 1.79 bits per heavy atom. The van der Waals surface area contributed by atoms with Crippen molar-refractivity contribution in [3.8, 4) is 0 Å². The van der Waals surface area contributed by atoms with E-state index in [9.17, 15) is 0 Å². The van der Waals surface area contributed by atoms with E-state index in [1.54, 1.807) is 0 Å². The number of rotatable bonds is 3. The Kier molecular flexibility index (Phi) is 3.95. The Labute approximate surface area is 142 Å². The molecule has 2 nitrogen and oxygen atoms in total. The van der Waals surface area contributed by atoms with E-state index in [-0.39, 0.29) is 0 Å². The molecule has 116 valence electrons. The first-order chi connectivity index (χ1) is 11.9. The molecular weight excluding hydrogens is 292 g/mol. The van der Waals surface area contributed by atoms with Crippen molar-refractivity contribution in [2.75, 3.05) is 11.6 Å². The second-order valence-electron chi connectivity index (χ2n) is 5.78. The van der Waals surface area contributed by atoms with Crippen LogP contribution in [0, 0.1) is 0 Å². The predicted molar refractivity (Wildman–Crippen MR) is 101 cm³/mol. The van der Waals surface area contributed by atoms with E-state index < -0.39 is 0 Å². The Morgan fingerprint density at radius 1 is 0.625 bits per heavy atom. The number of allylic oxidation sites excluding steroid dienone is 1. The molecule has 0 aliphatic carbocycles. The van der Waals surface area contributed by atoms with Gasteiger partial charge in [-0.1, -0.05) is 78.9 Å². The largest absolute Gasteiger partial charge is 0.261 e. The minimum absolute atomic E-state index is 0.768. The number of hydrazone groups is 1. The van der Waals surface area contributed by atoms with Gasteiger partial charge < -0.3 is 0 Å². The summed E-state index contributed by atoms with van der Waals surface area (Å²) in [5, 5.41) is 6.95. The van der Waals surface area contributed by atoms with Crippen LogP contribution in [-0.2, 0) is 0 Å². The van der Waals surface area contributed by atoms with Gasteiger partial charge in [0.05, 0.1) is 17.9 Å². The number of anilines is 1. The number of hydrogen-bond donors (Lipinski definition) is 0. The Morgan fingerprint density at radius 2 is 1.17 bits per heavy atom. The smallest absolute Gasteiger partial charge is 0.0911 e. The second kappa shape index (κ2) is 6.55. The maximum atomic E-state index is 4.87. The average molecular weight is 310 g/mol. The van der Waals surface area contributed by atoms with Crippen LogP contribution in [0.2, 0.25) is 0 Å². The van der Waals surface area contributed by atoms with Crippen LogP contribution >= 0.6 is 0 Å². The lowest BCUT2D eigenvalue weighted by Crippen LogP contribution is -2.25. The lowest BCUT2D eigenvalue weighted by atomic mass is 10.00. The number of nitrogens with zero attached hydrogens (tertiary/aromatic N) is 2. The van der Waals surface area contributed by atoms with E-state index in [0.29, 0.717) is 0 Å². The molecule has 0 aromatic heterocycles. The van der Waals surface area contributed by atoms with Gasteiger partial charge in [0.25, 0.3) is 0 Å². The van der Waals surface area contributed by atoms with Crippen molar-refractivity contribution in [3.05, 3.63) is 108 Å². The fourth-order valence-electron chi connectivity index (χ4n) is 2.89. The van der Waals surface area contributed by atoms with E-state index in [2.05, 4.69) is 71.7 Å². The number of benzene rings is 3. The third-order valence-corrected chi connectivity index (χ3v) is 4.13. The minimum atomic E-state index is 0.768. The molecule has 0 saturated carbocycles. The van der Waals surface area contributed by atoms with Crippen LogP contribution in [-0.4, -0.2) is 12.3 Å². The van der Waals surface area contributed by atoms with Crippen LogP contribution in [0.3, 0.4) is 0 Å². The zero-order valence-electron chi connectivity index (χ0n) is 13.3. The van der Waals surface area contributed by atoms with Crippen molar-refractivity contribution in [1.29, 1.82) is 0 Å². The molecule has 0 bridgehead atoms. The quantitative estimate of drug-likeness (QED) is 0.665. The molecule has 0 spiro atoms. The predicted octanol–water partition coefficient (Wildman–Crippen LogP) is 4.99. The van der Waals surface area contributed by atoms with E-state index >= 15 is 0 Å². The van der Waals surface area contributed by atoms with Crippen LogP contribution in [0.5, 0.6) is 0 Å². The van der Waals surface area contributed by atoms with E-state index in [4.69, 9.17) is 5.10 Å². The highest BCUT2D eigenvalue weighted by molar-refractivity contribution is 6.13. The van der Waals surface area contributed by atoms with Crippen molar-refractivity contribution in [3.63, 3.8) is 0 Å². The monoisotopic (exact) mass is 310 g/mol. The summed E-state index contributed by atoms with van der Waals surface area (Å²) in [4.78, 5) is 0. The molecule has 0 atom stereocenters. The van der Waals surface area contributed by atoms with Crippen molar-refractivity contribution in [2.24, 2.45) is 5.10 Å². The fraction of sp³-hybridized carbons (Fsp3) is 0.0455. The van der Waals surface area contributed by atoms with Crippen molar-refractivity contribution in [2.45, 2.75) is 0 Å². The normalized spacial score (nSPS) is 14.1. The van der Waals surface area contributed by atoms with Gasteiger partial charge in [-0.15, -0.1) is 0 Å². The van der Waals surface area contributed by atoms with Crippen molar-refractivity contribution in [1.82, 2.24) is 0 Å². The summed E-state index contributed by atoms with van der Waals surface area (Å²) in [5.74, 6) is 0. The molecule has 0 radical (unpaired) electrons. The second-order valence-corrected chi connectivity index (χ2v) is 5.78. The molecule has 4 rings (SSSR count). The van der Waals surface area contributed by atoms with E-state index in [0.717, 1.165) is 23.5 Å². The van der Waals surface area contributed by atoms with Gasteiger partial charge in [0, 0.05) is 5.56 Å². The highest BCUT2D eigenvalue weighted by Crippen LogP contribution is 2.26. The highest BCUT2D eigenvalue weighted by Gasteiger charge is 2.17. The summed E-state index contributed by atoms with van der Waals surface area (Å²) in [6, 6.07) is 31.2. The summed E-state index contributed by atoms with van der Waals surface area (Å²) >= 11 is 0. The molecule has 2 heteroatoms. The fourth-order valence-corrected chi connectivity index (χ4v) is 2.89. The molecule has 0 N–H and O–H groups in total. The molecule has 1 aliphatic heterocycles. The van der Waals surface area contributed by atoms with Gasteiger partial charge in [0.2, 0.25) is 0 Å². The van der Waals surface area contributed by atoms with E-state index in [1.165, 1.54) is 11.1 Å². The minimum Gasteiger partial charge on any atom is -0.261 e. The third-order valence-electron chi connectivity index (χ3n) is 4.13. The van der Waals surface area contributed by atoms with Crippen molar-refractivity contribution < 1.29 is 0 Å². The summed E-state index contributed by atoms with van der Waals surface area (Å²) in [5.41, 5.74) is 5.73. The molecule has 0 fully saturated rings. The first kappa shape index (κ1) is 14.5. The van der Waals surface area contributed by atoms with Gasteiger partial charge in [-0.05, 0) is 29.3 Å². The maximum Gasteiger partial charge on any atom is 0.0911 e. The summed E-state index contributed by atoms with van der Waals surface area (Å²) < 4.78 is 0. The van der Waals surface area contributed by atoms with Crippen LogP contribution in [0.1, 0.15) is 11.1 Å². The maximum absolute atomic E-state index is 4.87. The molecule has 1 heterocycles. The van der Waals surface area contributed by atoms with Gasteiger partial charge in [0.1, 0.15) is 0 Å². The summed E-state index contributed by atoms with van der Waals surface area (Å²) in [7, 11) is 0. The van der Waals surface area contributed by atoms with Crippen LogP contribution in [0.4, 0.5) is 5.69 Å². The molecule has 1 aliphatic rings. The molecular formula is C22H18N2. The number of para-hydroxylation sites is 1. The Balaban J connectivity index is 1.79. The van der Waals surface area contributed by atoms with Crippen LogP contribution < -0.4 is 5.01 Å². The molecule has 3 aromatic rings. The lowest BCUT2D eigenvalue weighted by Gasteiger charge is -2.26. The summed E-state index contributed by atoms with van der Waals surface area (Å²) in [6.45, 7) is 0.768. The third kappa shape index (κ3) is 2.99. The molecule has 24 heavy (non-hydrogen) atoms.